The van der Waals surface area contributed by atoms with E-state index in [-0.39, 0.29) is 26.1 Å². The molecule has 2 aromatic carbocycles. The molecule has 1 aliphatic heterocycles. The second-order valence-electron chi connectivity index (χ2n) is 10.4. The van der Waals surface area contributed by atoms with E-state index in [4.69, 9.17) is 29.1 Å². The Morgan fingerprint density at radius 1 is 0.767 bits per heavy atom. The van der Waals surface area contributed by atoms with Crippen LogP contribution in [0.15, 0.2) is 78.7 Å². The number of nitriles is 1. The highest BCUT2D eigenvalue weighted by molar-refractivity contribution is 9.11. The van der Waals surface area contributed by atoms with Gasteiger partial charge in [-0.1, -0.05) is 52.8 Å². The van der Waals surface area contributed by atoms with Gasteiger partial charge in [0.25, 0.3) is 0 Å². The first-order valence-electron chi connectivity index (χ1n) is 12.8. The third kappa shape index (κ3) is 6.15. The molecule has 5 heterocycles. The number of hydrogen-bond donors (Lipinski definition) is 1. The van der Waals surface area contributed by atoms with Crippen molar-refractivity contribution in [2.24, 2.45) is 0 Å². The summed E-state index contributed by atoms with van der Waals surface area (Å²) in [6, 6.07) is 17.2. The molecule has 0 aliphatic carbocycles. The molecule has 0 amide bonds. The first-order chi connectivity index (χ1) is 19.5. The number of rotatable bonds is 1. The van der Waals surface area contributed by atoms with Gasteiger partial charge in [-0.05, 0) is 70.2 Å². The van der Waals surface area contributed by atoms with Crippen molar-refractivity contribution in [3.63, 3.8) is 0 Å². The maximum atomic E-state index is 7.32. The van der Waals surface area contributed by atoms with Crippen molar-refractivity contribution in [3.05, 3.63) is 69.9 Å². The molecule has 1 fully saturated rings. The zero-order valence-electron chi connectivity index (χ0n) is 23.2. The molecule has 0 atom stereocenters. The molecular weight excluding hydrogens is 675 g/mol. The van der Waals surface area contributed by atoms with Crippen LogP contribution in [0.25, 0.3) is 44.1 Å². The molecule has 8 nitrogen and oxygen atoms in total. The van der Waals surface area contributed by atoms with Crippen LogP contribution in [0, 0.1) is 11.3 Å². The molecule has 0 saturated carbocycles. The van der Waals surface area contributed by atoms with Crippen molar-refractivity contribution in [1.29, 1.82) is 5.26 Å². The number of aromatic nitrogens is 2. The first-order valence-corrected chi connectivity index (χ1v) is 14.4. The van der Waals surface area contributed by atoms with Crippen molar-refractivity contribution in [2.75, 3.05) is 5.73 Å². The smallest absolute Gasteiger partial charge is 0.438 e. The van der Waals surface area contributed by atoms with E-state index in [9.17, 15) is 0 Å². The highest BCUT2D eigenvalue weighted by atomic mass is 79.9. The number of fused-ring (bicyclic) bond motifs is 6. The zero-order chi connectivity index (χ0) is 29.5. The maximum absolute atomic E-state index is 7.32. The molecule has 4 aromatic heterocycles. The third-order valence-electron chi connectivity index (χ3n) is 7.26. The topological polar surface area (TPSA) is 120 Å². The van der Waals surface area contributed by atoms with Crippen LogP contribution in [0.2, 0.25) is 0 Å². The Bertz CT molecular complexity index is 1930. The van der Waals surface area contributed by atoms with Gasteiger partial charge in [-0.15, -0.1) is 0 Å². The van der Waals surface area contributed by atoms with Gasteiger partial charge in [0.05, 0.1) is 23.0 Å². The number of nitrogen functional groups attached to an aromatic ring is 1. The molecular formula is C32H35BBr2N4O4. The normalized spacial score (nSPS) is 14.7. The average Bonchev–Trinajstić information content (AvgIpc) is 3.57. The molecule has 224 valence electrons. The fourth-order valence-electron chi connectivity index (χ4n) is 4.55. The van der Waals surface area contributed by atoms with E-state index in [2.05, 4.69) is 41.8 Å². The lowest BCUT2D eigenvalue weighted by Gasteiger charge is -2.32. The Morgan fingerprint density at radius 2 is 1.21 bits per heavy atom. The molecule has 1 saturated heterocycles. The molecule has 2 N–H and O–H groups in total. The van der Waals surface area contributed by atoms with Gasteiger partial charge in [0.1, 0.15) is 5.58 Å². The van der Waals surface area contributed by atoms with E-state index in [0.717, 1.165) is 41.5 Å². The number of nitrogens with zero attached hydrogens (tertiary/aromatic N) is 3. The molecule has 0 bridgehead atoms. The Kier molecular flexibility index (Phi) is 10.3. The van der Waals surface area contributed by atoms with Crippen molar-refractivity contribution in [1.82, 2.24) is 9.97 Å². The minimum absolute atomic E-state index is 0. The fraction of sp³-hybridized carbons (Fsp3) is 0.281. The minimum Gasteiger partial charge on any atom is -0.438 e. The number of pyridine rings is 2. The lowest BCUT2D eigenvalue weighted by atomic mass is 9.78. The highest BCUT2D eigenvalue weighted by Crippen LogP contribution is 2.39. The zero-order valence-corrected chi connectivity index (χ0v) is 26.3. The number of furan rings is 2. The average molecular weight is 710 g/mol. The van der Waals surface area contributed by atoms with Gasteiger partial charge in [-0.3, -0.25) is 0 Å². The lowest BCUT2D eigenvalue weighted by Crippen LogP contribution is -2.41. The van der Waals surface area contributed by atoms with E-state index in [0.29, 0.717) is 22.7 Å². The van der Waals surface area contributed by atoms with Crippen LogP contribution in [-0.4, -0.2) is 28.3 Å². The van der Waals surface area contributed by atoms with Crippen molar-refractivity contribution in [2.45, 2.75) is 60.7 Å². The number of halogens is 2. The summed E-state index contributed by atoms with van der Waals surface area (Å²) in [4.78, 5) is 8.47. The summed E-state index contributed by atoms with van der Waals surface area (Å²) in [5.74, 6) is 0. The molecule has 0 radical (unpaired) electrons. The third-order valence-corrected chi connectivity index (χ3v) is 8.58. The summed E-state index contributed by atoms with van der Waals surface area (Å²) < 4.78 is 25.9. The summed E-state index contributed by atoms with van der Waals surface area (Å²) in [5.41, 5.74) is 9.27. The minimum atomic E-state index is -0.462. The standard InChI is InChI=1S/C17H17BBrNO3.C11H7BrN2O.C2H3N.2CH4/c1-16(2)17(3,4)23-18(22-16)11-7-8-12(19)13-10-6-5-9-20-15(10)21-14(11)13;12-7-3-4-8(13)10-9(7)6-2-1-5-14-11(6)15-10;1-2-3;;/h5-9H,1-4H3;1-5H,13H2;1H3;2*1H4. The molecule has 1 aliphatic rings. The highest BCUT2D eigenvalue weighted by Gasteiger charge is 2.52. The Morgan fingerprint density at radius 3 is 1.72 bits per heavy atom. The predicted octanol–water partition coefficient (Wildman–Crippen LogP) is 9.17. The number of hydrogen-bond acceptors (Lipinski definition) is 8. The Labute approximate surface area is 268 Å². The monoisotopic (exact) mass is 708 g/mol. The van der Waals surface area contributed by atoms with Gasteiger partial charge in [0.2, 0.25) is 11.4 Å². The van der Waals surface area contributed by atoms with Gasteiger partial charge in [0, 0.05) is 55.3 Å². The van der Waals surface area contributed by atoms with Crippen LogP contribution in [0.4, 0.5) is 5.69 Å². The van der Waals surface area contributed by atoms with Gasteiger partial charge >= 0.3 is 7.12 Å². The number of benzene rings is 2. The van der Waals surface area contributed by atoms with E-state index in [1.165, 1.54) is 6.92 Å². The summed E-state index contributed by atoms with van der Waals surface area (Å²) in [6.45, 7) is 9.61. The van der Waals surface area contributed by atoms with E-state index >= 15 is 0 Å². The molecule has 0 unspecified atom stereocenters. The van der Waals surface area contributed by atoms with Crippen LogP contribution < -0.4 is 11.2 Å². The molecule has 11 heteroatoms. The molecule has 43 heavy (non-hydrogen) atoms. The SMILES string of the molecule is C.C.CC#N.CC1(C)OB(c2ccc(Br)c3c2oc2ncccc23)OC1(C)C.Nc1ccc(Br)c2c1oc1ncccc12. The molecule has 0 spiro atoms. The van der Waals surface area contributed by atoms with Gasteiger partial charge in [-0.25, -0.2) is 9.97 Å². The van der Waals surface area contributed by atoms with E-state index in [1.807, 2.05) is 76.2 Å². The van der Waals surface area contributed by atoms with E-state index < -0.39 is 7.12 Å². The summed E-state index contributed by atoms with van der Waals surface area (Å²) >= 11 is 7.10. The number of nitrogens with two attached hydrogens (primary N) is 1. The van der Waals surface area contributed by atoms with Crippen molar-refractivity contribution in [3.8, 4) is 6.07 Å². The second-order valence-corrected chi connectivity index (χ2v) is 12.1. The maximum Gasteiger partial charge on any atom is 0.498 e. The molecule has 7 rings (SSSR count). The van der Waals surface area contributed by atoms with Crippen LogP contribution in [0.1, 0.15) is 49.5 Å². The summed E-state index contributed by atoms with van der Waals surface area (Å²) in [5, 5.41) is 11.3. The van der Waals surface area contributed by atoms with Gasteiger partial charge in [0.15, 0.2) is 5.58 Å². The summed E-state index contributed by atoms with van der Waals surface area (Å²) in [6.07, 6.45) is 3.43. The molecule has 6 aromatic rings. The number of anilines is 1. The largest absolute Gasteiger partial charge is 0.498 e. The summed E-state index contributed by atoms with van der Waals surface area (Å²) in [7, 11) is -0.462. The Balaban J connectivity index is 0.000000220. The Hall–Kier alpha value is -3.43. The van der Waals surface area contributed by atoms with Gasteiger partial charge in [-0.2, -0.15) is 5.26 Å². The van der Waals surface area contributed by atoms with Gasteiger partial charge < -0.3 is 23.9 Å². The van der Waals surface area contributed by atoms with Crippen LogP contribution in [0.3, 0.4) is 0 Å². The first kappa shape index (κ1) is 34.1. The second kappa shape index (κ2) is 13.1. The van der Waals surface area contributed by atoms with Crippen LogP contribution in [-0.2, 0) is 9.31 Å². The van der Waals surface area contributed by atoms with Crippen LogP contribution in [0.5, 0.6) is 0 Å². The predicted molar refractivity (Wildman–Crippen MR) is 183 cm³/mol. The van der Waals surface area contributed by atoms with Crippen molar-refractivity contribution < 1.29 is 18.1 Å². The van der Waals surface area contributed by atoms with Crippen molar-refractivity contribution >= 4 is 94.3 Å². The quantitative estimate of drug-likeness (QED) is 0.133. The van der Waals surface area contributed by atoms with E-state index in [1.54, 1.807) is 18.5 Å². The fourth-order valence-corrected chi connectivity index (χ4v) is 5.60. The lowest BCUT2D eigenvalue weighted by molar-refractivity contribution is 0.00578. The van der Waals surface area contributed by atoms with Crippen LogP contribution >= 0.6 is 31.9 Å².